The van der Waals surface area contributed by atoms with E-state index in [1.165, 1.54) is 30.3 Å². The maximum Gasteiger partial charge on any atom is 0.225 e. The molecule has 200 valence electrons. The van der Waals surface area contributed by atoms with Crippen molar-refractivity contribution in [1.29, 1.82) is 0 Å². The van der Waals surface area contributed by atoms with Gasteiger partial charge in [0.15, 0.2) is 11.6 Å². The number of piperidine rings is 1. The number of carbonyl (C=O) groups excluding carboxylic acids is 2. The van der Waals surface area contributed by atoms with Crippen molar-refractivity contribution in [3.63, 3.8) is 0 Å². The first kappa shape index (κ1) is 26.9. The Morgan fingerprint density at radius 1 is 0.892 bits per heavy atom. The van der Waals surface area contributed by atoms with Crippen molar-refractivity contribution >= 4 is 11.8 Å². The number of rotatable bonds is 10. The summed E-state index contributed by atoms with van der Waals surface area (Å²) in [6.07, 6.45) is 3.81. The highest BCUT2D eigenvalue weighted by atomic mass is 19.1. The fourth-order valence-corrected chi connectivity index (χ4v) is 4.70. The van der Waals surface area contributed by atoms with Crippen LogP contribution in [0.3, 0.4) is 0 Å². The van der Waals surface area contributed by atoms with Crippen LogP contribution in [0.5, 0.6) is 11.5 Å². The van der Waals surface area contributed by atoms with Crippen LogP contribution in [-0.2, 0) is 14.3 Å². The molecule has 2 aromatic carbocycles. The molecule has 1 unspecified atom stereocenters. The van der Waals surface area contributed by atoms with E-state index >= 15 is 0 Å². The van der Waals surface area contributed by atoms with Gasteiger partial charge in [-0.1, -0.05) is 12.1 Å². The molecule has 0 aliphatic carbocycles. The number of ether oxygens (including phenoxy) is 3. The maximum absolute atomic E-state index is 13.7. The van der Waals surface area contributed by atoms with E-state index in [2.05, 4.69) is 0 Å². The summed E-state index contributed by atoms with van der Waals surface area (Å²) in [5.41, 5.74) is -1.01. The van der Waals surface area contributed by atoms with Crippen molar-refractivity contribution in [1.82, 2.24) is 9.80 Å². The zero-order valence-corrected chi connectivity index (χ0v) is 21.0. The summed E-state index contributed by atoms with van der Waals surface area (Å²) in [5, 5.41) is 0. The van der Waals surface area contributed by atoms with Crippen LogP contribution in [0.1, 0.15) is 38.5 Å². The van der Waals surface area contributed by atoms with Gasteiger partial charge < -0.3 is 24.0 Å². The molecule has 0 radical (unpaired) electrons. The number of carbonyl (C=O) groups is 2. The standard InChI is InChI=1S/C28H34F2N2O5/c29-22-10-12-23(13-11-22)36-21-28(19-27(34)31-14-4-1-5-15-31)20-32(16-18-37-28)26(33)9-6-17-35-25-8-3-2-7-24(25)30/h2-3,7-8,10-13H,1,4-6,9,14-21H2. The van der Waals surface area contributed by atoms with Crippen LogP contribution in [0.25, 0.3) is 0 Å². The Labute approximate surface area is 216 Å². The molecule has 4 rings (SSSR count). The molecule has 2 saturated heterocycles. The highest BCUT2D eigenvalue weighted by Crippen LogP contribution is 2.27. The van der Waals surface area contributed by atoms with Gasteiger partial charge in [0.25, 0.3) is 0 Å². The zero-order chi connectivity index (χ0) is 26.1. The van der Waals surface area contributed by atoms with Gasteiger partial charge in [-0.2, -0.15) is 0 Å². The molecule has 2 aliphatic rings. The number of amides is 2. The molecule has 1 atom stereocenters. The third kappa shape index (κ3) is 7.64. The lowest BCUT2D eigenvalue weighted by Gasteiger charge is -2.43. The van der Waals surface area contributed by atoms with Crippen LogP contribution in [0, 0.1) is 11.6 Å². The van der Waals surface area contributed by atoms with Gasteiger partial charge in [0, 0.05) is 26.1 Å². The summed E-state index contributed by atoms with van der Waals surface area (Å²) in [6, 6.07) is 11.8. The molecule has 0 bridgehead atoms. The van der Waals surface area contributed by atoms with Gasteiger partial charge in [-0.15, -0.1) is 0 Å². The second-order valence-electron chi connectivity index (χ2n) is 9.59. The lowest BCUT2D eigenvalue weighted by Crippen LogP contribution is -2.58. The van der Waals surface area contributed by atoms with Crippen molar-refractivity contribution in [3.8, 4) is 11.5 Å². The number of halogens is 2. The molecule has 2 heterocycles. The predicted octanol–water partition coefficient (Wildman–Crippen LogP) is 4.20. The Morgan fingerprint density at radius 3 is 2.41 bits per heavy atom. The summed E-state index contributed by atoms with van der Waals surface area (Å²) >= 11 is 0. The number of morpholine rings is 1. The Balaban J connectivity index is 1.37. The van der Waals surface area contributed by atoms with E-state index in [1.807, 2.05) is 4.90 Å². The van der Waals surface area contributed by atoms with Crippen molar-refractivity contribution in [3.05, 3.63) is 60.2 Å². The minimum absolute atomic E-state index is 0.0185. The lowest BCUT2D eigenvalue weighted by atomic mass is 9.96. The molecule has 37 heavy (non-hydrogen) atoms. The van der Waals surface area contributed by atoms with Crippen LogP contribution >= 0.6 is 0 Å². The molecule has 0 N–H and O–H groups in total. The number of para-hydroxylation sites is 1. The predicted molar refractivity (Wildman–Crippen MR) is 133 cm³/mol. The lowest BCUT2D eigenvalue weighted by molar-refractivity contribution is -0.166. The maximum atomic E-state index is 13.7. The molecule has 9 heteroatoms. The van der Waals surface area contributed by atoms with Crippen LogP contribution in [0.15, 0.2) is 48.5 Å². The zero-order valence-electron chi connectivity index (χ0n) is 21.0. The number of benzene rings is 2. The number of nitrogens with zero attached hydrogens (tertiary/aromatic N) is 2. The largest absolute Gasteiger partial charge is 0.491 e. The quantitative estimate of drug-likeness (QED) is 0.443. The average molecular weight is 517 g/mol. The SMILES string of the molecule is O=C(CC1(COc2ccc(F)cc2)CN(C(=O)CCCOc2ccccc2F)CCO1)N1CCCCC1. The second-order valence-corrected chi connectivity index (χ2v) is 9.59. The third-order valence-electron chi connectivity index (χ3n) is 6.73. The fraction of sp³-hybridized carbons (Fsp3) is 0.500. The molecule has 2 aromatic rings. The van der Waals surface area contributed by atoms with Gasteiger partial charge in [0.2, 0.25) is 11.8 Å². The summed E-state index contributed by atoms with van der Waals surface area (Å²) < 4.78 is 44.6. The Morgan fingerprint density at radius 2 is 1.65 bits per heavy atom. The van der Waals surface area contributed by atoms with Crippen molar-refractivity contribution in [2.24, 2.45) is 0 Å². The highest BCUT2D eigenvalue weighted by molar-refractivity contribution is 5.79. The first-order valence-electron chi connectivity index (χ1n) is 12.9. The van der Waals surface area contributed by atoms with E-state index in [1.54, 1.807) is 23.1 Å². The molecular formula is C28H34F2N2O5. The first-order chi connectivity index (χ1) is 17.9. The van der Waals surface area contributed by atoms with E-state index in [4.69, 9.17) is 14.2 Å². The minimum Gasteiger partial charge on any atom is -0.491 e. The van der Waals surface area contributed by atoms with Gasteiger partial charge in [-0.3, -0.25) is 9.59 Å². The average Bonchev–Trinajstić information content (AvgIpc) is 2.92. The van der Waals surface area contributed by atoms with Crippen molar-refractivity contribution in [2.75, 3.05) is 46.0 Å². The third-order valence-corrected chi connectivity index (χ3v) is 6.73. The molecule has 2 fully saturated rings. The van der Waals surface area contributed by atoms with E-state index < -0.39 is 11.4 Å². The Kier molecular flexibility index (Phi) is 9.33. The van der Waals surface area contributed by atoms with Gasteiger partial charge >= 0.3 is 0 Å². The van der Waals surface area contributed by atoms with E-state index in [-0.39, 0.29) is 62.6 Å². The highest BCUT2D eigenvalue weighted by Gasteiger charge is 2.42. The summed E-state index contributed by atoms with van der Waals surface area (Å²) in [5.74, 6) is -0.289. The van der Waals surface area contributed by atoms with Gasteiger partial charge in [-0.05, 0) is 62.1 Å². The Bertz CT molecular complexity index is 1050. The van der Waals surface area contributed by atoms with Crippen LogP contribution in [0.4, 0.5) is 8.78 Å². The van der Waals surface area contributed by atoms with E-state index in [0.29, 0.717) is 18.7 Å². The second kappa shape index (κ2) is 12.9. The monoisotopic (exact) mass is 516 g/mol. The van der Waals surface area contributed by atoms with Crippen molar-refractivity contribution < 1.29 is 32.6 Å². The topological polar surface area (TPSA) is 68.3 Å². The van der Waals surface area contributed by atoms with Crippen LogP contribution in [0.2, 0.25) is 0 Å². The molecule has 0 spiro atoms. The summed E-state index contributed by atoms with van der Waals surface area (Å²) in [6.45, 7) is 2.60. The Hall–Kier alpha value is -3.20. The fourth-order valence-electron chi connectivity index (χ4n) is 4.70. The molecule has 7 nitrogen and oxygen atoms in total. The van der Waals surface area contributed by atoms with Gasteiger partial charge in [-0.25, -0.2) is 8.78 Å². The number of hydrogen-bond donors (Lipinski definition) is 0. The summed E-state index contributed by atoms with van der Waals surface area (Å²) in [7, 11) is 0. The van der Waals surface area contributed by atoms with E-state index in [0.717, 1.165) is 32.4 Å². The molecule has 2 aliphatic heterocycles. The van der Waals surface area contributed by atoms with Crippen LogP contribution < -0.4 is 9.47 Å². The summed E-state index contributed by atoms with van der Waals surface area (Å²) in [4.78, 5) is 29.7. The molecule has 0 aromatic heterocycles. The normalized spacial score (nSPS) is 19.9. The number of likely N-dealkylation sites (tertiary alicyclic amines) is 1. The van der Waals surface area contributed by atoms with Gasteiger partial charge in [0.05, 0.1) is 26.2 Å². The van der Waals surface area contributed by atoms with Crippen LogP contribution in [-0.4, -0.2) is 73.2 Å². The van der Waals surface area contributed by atoms with Crippen molar-refractivity contribution in [2.45, 2.75) is 44.1 Å². The number of hydrogen-bond acceptors (Lipinski definition) is 5. The molecule has 0 saturated carbocycles. The smallest absolute Gasteiger partial charge is 0.225 e. The van der Waals surface area contributed by atoms with Gasteiger partial charge in [0.1, 0.15) is 23.8 Å². The molecular weight excluding hydrogens is 482 g/mol. The van der Waals surface area contributed by atoms with E-state index in [9.17, 15) is 18.4 Å². The minimum atomic E-state index is -1.01. The molecule has 2 amide bonds. The first-order valence-corrected chi connectivity index (χ1v) is 12.9.